The van der Waals surface area contributed by atoms with Crippen molar-refractivity contribution in [1.29, 1.82) is 0 Å². The minimum atomic E-state index is -0.984. The molecule has 3 atom stereocenters. The molecule has 0 aliphatic carbocycles. The highest BCUT2D eigenvalue weighted by Crippen LogP contribution is 2.33. The predicted molar refractivity (Wildman–Crippen MR) is 161 cm³/mol. The third-order valence-corrected chi connectivity index (χ3v) is 6.97. The van der Waals surface area contributed by atoms with Crippen LogP contribution in [0.5, 0.6) is 11.6 Å². The number of nitrogens with zero attached hydrogens (tertiary/aromatic N) is 3. The Balaban J connectivity index is 1.67. The van der Waals surface area contributed by atoms with Crippen LogP contribution < -0.4 is 14.8 Å². The second kappa shape index (κ2) is 12.4. The number of aromatic nitrogens is 2. The third-order valence-electron chi connectivity index (χ3n) is 6.97. The van der Waals surface area contributed by atoms with E-state index >= 15 is 0 Å². The summed E-state index contributed by atoms with van der Waals surface area (Å²) >= 11 is 0. The van der Waals surface area contributed by atoms with E-state index < -0.39 is 47.2 Å². The Morgan fingerprint density at radius 1 is 0.977 bits per heavy atom. The van der Waals surface area contributed by atoms with Gasteiger partial charge in [0.2, 0.25) is 11.8 Å². The maximum Gasteiger partial charge on any atom is 0.408 e. The highest BCUT2D eigenvalue weighted by Gasteiger charge is 2.46. The first kappa shape index (κ1) is 31.5. The van der Waals surface area contributed by atoms with Gasteiger partial charge in [-0.3, -0.25) is 4.79 Å². The maximum absolute atomic E-state index is 14.0. The summed E-state index contributed by atoms with van der Waals surface area (Å²) in [5.74, 6) is 0.343. The number of carbonyl (C=O) groups excluding carboxylic acids is 3. The Labute approximate surface area is 251 Å². The average Bonchev–Trinajstić information content (AvgIpc) is 3.37. The van der Waals surface area contributed by atoms with Crippen molar-refractivity contribution >= 4 is 28.9 Å². The van der Waals surface area contributed by atoms with Crippen LogP contribution in [0.3, 0.4) is 0 Å². The number of alkyl carbamates (subject to hydrolysis) is 1. The molecule has 0 bridgehead atoms. The lowest BCUT2D eigenvalue weighted by atomic mass is 9.85. The van der Waals surface area contributed by atoms with E-state index in [4.69, 9.17) is 28.9 Å². The molecule has 4 rings (SSSR count). The van der Waals surface area contributed by atoms with Crippen molar-refractivity contribution in [2.45, 2.75) is 71.8 Å². The minimum absolute atomic E-state index is 0.0668. The van der Waals surface area contributed by atoms with Gasteiger partial charge in [0.1, 0.15) is 29.5 Å². The summed E-state index contributed by atoms with van der Waals surface area (Å²) in [6.07, 6.45) is -1.17. The molecule has 2 heterocycles. The summed E-state index contributed by atoms with van der Waals surface area (Å²) in [7, 11) is 2.84. The standard InChI is InChI=1S/C32H40N4O7/c1-31(2,3)25(34-30(39)43-32(4,5)6)28(37)36-18-21(17-24(36)29(38)41-8)42-27-22-16-20(40-7)14-15-23(22)33-26(35-27)19-12-10-9-11-13-19/h9-16,21,24-25H,17-18H2,1-8H3,(H,34,39)/t21-,24?,25-/m1/s1. The SMILES string of the molecule is COC(=O)C1C[C@@H](Oc2nc(-c3ccccc3)nc3ccc(OC)cc23)CN1C(=O)[C@@H](NC(=O)OC(C)(C)C)C(C)(C)C. The summed E-state index contributed by atoms with van der Waals surface area (Å²) in [5, 5.41) is 3.34. The quantitative estimate of drug-likeness (QED) is 0.386. The smallest absolute Gasteiger partial charge is 0.408 e. The number of hydrogen-bond donors (Lipinski definition) is 1. The van der Waals surface area contributed by atoms with Gasteiger partial charge >= 0.3 is 12.1 Å². The molecule has 0 spiro atoms. The van der Waals surface area contributed by atoms with E-state index in [9.17, 15) is 14.4 Å². The molecule has 1 saturated heterocycles. The van der Waals surface area contributed by atoms with Crippen molar-refractivity contribution < 1.29 is 33.3 Å². The molecule has 3 aromatic rings. The zero-order chi connectivity index (χ0) is 31.5. The van der Waals surface area contributed by atoms with Crippen LogP contribution in [-0.2, 0) is 19.1 Å². The fourth-order valence-corrected chi connectivity index (χ4v) is 4.90. The number of methoxy groups -OCH3 is 2. The zero-order valence-corrected chi connectivity index (χ0v) is 26.0. The van der Waals surface area contributed by atoms with Gasteiger partial charge in [0.05, 0.1) is 31.7 Å². The Morgan fingerprint density at radius 2 is 1.67 bits per heavy atom. The molecule has 1 aromatic heterocycles. The van der Waals surface area contributed by atoms with E-state index in [0.29, 0.717) is 28.4 Å². The van der Waals surface area contributed by atoms with Crippen LogP contribution in [0.4, 0.5) is 4.79 Å². The number of amides is 2. The van der Waals surface area contributed by atoms with Gasteiger partial charge in [0.25, 0.3) is 0 Å². The molecule has 2 aromatic carbocycles. The Kier molecular flexibility index (Phi) is 9.12. The lowest BCUT2D eigenvalue weighted by molar-refractivity contribution is -0.152. The molecule has 1 fully saturated rings. The normalized spacial score (nSPS) is 17.7. The van der Waals surface area contributed by atoms with Crippen LogP contribution in [-0.4, -0.2) is 77.4 Å². The first-order valence-electron chi connectivity index (χ1n) is 14.2. The van der Waals surface area contributed by atoms with Crippen LogP contribution in [0.15, 0.2) is 48.5 Å². The number of esters is 1. The minimum Gasteiger partial charge on any atom is -0.497 e. The van der Waals surface area contributed by atoms with Crippen molar-refractivity contribution in [2.24, 2.45) is 5.41 Å². The topological polar surface area (TPSA) is 129 Å². The predicted octanol–water partition coefficient (Wildman–Crippen LogP) is 4.77. The molecule has 0 radical (unpaired) electrons. The fraction of sp³-hybridized carbons (Fsp3) is 0.469. The molecule has 1 N–H and O–H groups in total. The monoisotopic (exact) mass is 592 g/mol. The molecule has 11 nitrogen and oxygen atoms in total. The van der Waals surface area contributed by atoms with Crippen molar-refractivity contribution in [3.63, 3.8) is 0 Å². The van der Waals surface area contributed by atoms with Crippen LogP contribution in [0, 0.1) is 5.41 Å². The van der Waals surface area contributed by atoms with Crippen LogP contribution in [0.25, 0.3) is 22.3 Å². The van der Waals surface area contributed by atoms with E-state index in [2.05, 4.69) is 5.32 Å². The van der Waals surface area contributed by atoms with Gasteiger partial charge in [-0.1, -0.05) is 51.1 Å². The second-order valence-electron chi connectivity index (χ2n) is 12.6. The van der Waals surface area contributed by atoms with Crippen LogP contribution >= 0.6 is 0 Å². The average molecular weight is 593 g/mol. The molecule has 11 heteroatoms. The summed E-state index contributed by atoms with van der Waals surface area (Å²) < 4.78 is 22.3. The van der Waals surface area contributed by atoms with Gasteiger partial charge < -0.3 is 29.2 Å². The summed E-state index contributed by atoms with van der Waals surface area (Å²) in [6, 6.07) is 13.0. The first-order chi connectivity index (χ1) is 20.2. The molecule has 2 amide bonds. The van der Waals surface area contributed by atoms with E-state index in [0.717, 1.165) is 5.56 Å². The lowest BCUT2D eigenvalue weighted by Crippen LogP contribution is -2.57. The van der Waals surface area contributed by atoms with E-state index in [1.54, 1.807) is 40.0 Å². The van der Waals surface area contributed by atoms with Gasteiger partial charge in [-0.25, -0.2) is 14.6 Å². The first-order valence-corrected chi connectivity index (χ1v) is 14.2. The van der Waals surface area contributed by atoms with Crippen LogP contribution in [0.1, 0.15) is 48.0 Å². The van der Waals surface area contributed by atoms with Gasteiger partial charge in [0.15, 0.2) is 5.82 Å². The Bertz CT molecular complexity index is 1480. The van der Waals surface area contributed by atoms with Crippen molar-refractivity contribution in [1.82, 2.24) is 20.2 Å². The van der Waals surface area contributed by atoms with E-state index in [1.165, 1.54) is 12.0 Å². The Hall–Kier alpha value is -4.41. The molecular weight excluding hydrogens is 552 g/mol. The van der Waals surface area contributed by atoms with Gasteiger partial charge in [-0.15, -0.1) is 0 Å². The number of carbonyl (C=O) groups is 3. The van der Waals surface area contributed by atoms with Crippen molar-refractivity contribution in [3.05, 3.63) is 48.5 Å². The van der Waals surface area contributed by atoms with Crippen LogP contribution in [0.2, 0.25) is 0 Å². The highest BCUT2D eigenvalue weighted by atomic mass is 16.6. The number of nitrogens with one attached hydrogen (secondary N) is 1. The molecule has 1 aliphatic heterocycles. The molecule has 1 unspecified atom stereocenters. The summed E-state index contributed by atoms with van der Waals surface area (Å²) in [5.41, 5.74) is 0.00650. The van der Waals surface area contributed by atoms with Gasteiger partial charge in [-0.2, -0.15) is 4.98 Å². The summed E-state index contributed by atoms with van der Waals surface area (Å²) in [4.78, 5) is 50.5. The lowest BCUT2D eigenvalue weighted by Gasteiger charge is -2.35. The number of rotatable bonds is 7. The van der Waals surface area contributed by atoms with E-state index in [-0.39, 0.29) is 13.0 Å². The summed E-state index contributed by atoms with van der Waals surface area (Å²) in [6.45, 7) is 10.8. The van der Waals surface area contributed by atoms with E-state index in [1.807, 2.05) is 57.2 Å². The zero-order valence-electron chi connectivity index (χ0n) is 26.0. The van der Waals surface area contributed by atoms with Crippen molar-refractivity contribution in [2.75, 3.05) is 20.8 Å². The molecule has 0 saturated carbocycles. The molecule has 43 heavy (non-hydrogen) atoms. The fourth-order valence-electron chi connectivity index (χ4n) is 4.90. The van der Waals surface area contributed by atoms with Crippen molar-refractivity contribution in [3.8, 4) is 23.0 Å². The number of fused-ring (bicyclic) bond motifs is 1. The van der Waals surface area contributed by atoms with Gasteiger partial charge in [-0.05, 0) is 44.4 Å². The largest absolute Gasteiger partial charge is 0.497 e. The number of benzene rings is 2. The number of hydrogen-bond acceptors (Lipinski definition) is 9. The highest BCUT2D eigenvalue weighted by molar-refractivity contribution is 5.91. The maximum atomic E-state index is 14.0. The Morgan fingerprint density at radius 3 is 2.28 bits per heavy atom. The van der Waals surface area contributed by atoms with Gasteiger partial charge in [0, 0.05) is 12.0 Å². The molecule has 1 aliphatic rings. The number of likely N-dealkylation sites (tertiary alicyclic amines) is 1. The second-order valence-corrected chi connectivity index (χ2v) is 12.6. The third kappa shape index (κ3) is 7.52. The molecule has 230 valence electrons. The molecular formula is C32H40N4O7. The number of ether oxygens (including phenoxy) is 4.